The second kappa shape index (κ2) is 7.48. The molecule has 1 aliphatic rings. The molecule has 0 radical (unpaired) electrons. The van der Waals surface area contributed by atoms with E-state index in [-0.39, 0.29) is 11.5 Å². The van der Waals surface area contributed by atoms with Gasteiger partial charge in [-0.3, -0.25) is 4.79 Å². The normalized spacial score (nSPS) is 21.9. The number of thioether (sulfide) groups is 1. The first kappa shape index (κ1) is 15.9. The molecule has 0 bridgehead atoms. The lowest BCUT2D eigenvalue weighted by Gasteiger charge is -2.26. The Morgan fingerprint density at radius 1 is 1.50 bits per heavy atom. The number of halogens is 1. The first-order valence-electron chi connectivity index (χ1n) is 6.78. The van der Waals surface area contributed by atoms with Crippen molar-refractivity contribution in [2.75, 3.05) is 25.2 Å². The second-order valence-electron chi connectivity index (χ2n) is 5.06. The lowest BCUT2D eigenvalue weighted by Crippen LogP contribution is -2.44. The Morgan fingerprint density at radius 3 is 2.95 bits per heavy atom. The smallest absolute Gasteiger partial charge is 0.220 e. The maximum absolute atomic E-state index is 12.0. The molecule has 0 saturated carbocycles. The molecule has 1 aromatic carbocycles. The molecule has 2 rings (SSSR count). The summed E-state index contributed by atoms with van der Waals surface area (Å²) in [5.41, 5.74) is 1.01. The highest BCUT2D eigenvalue weighted by Gasteiger charge is 2.34. The SMILES string of the molecule is CO[C@@]1(CNC(=O)CCc2ccccc2Br)CCSC1. The molecule has 0 aromatic heterocycles. The first-order valence-corrected chi connectivity index (χ1v) is 8.73. The van der Waals surface area contributed by atoms with Crippen molar-refractivity contribution in [3.05, 3.63) is 34.3 Å². The zero-order valence-corrected chi connectivity index (χ0v) is 14.1. The predicted octanol–water partition coefficient (Wildman–Crippen LogP) is 3.02. The highest BCUT2D eigenvalue weighted by atomic mass is 79.9. The van der Waals surface area contributed by atoms with E-state index >= 15 is 0 Å². The molecule has 1 aliphatic heterocycles. The molecule has 1 N–H and O–H groups in total. The van der Waals surface area contributed by atoms with Crippen LogP contribution in [0.3, 0.4) is 0 Å². The standard InChI is InChI=1S/C15H20BrNO2S/c1-19-15(8-9-20-11-15)10-17-14(18)7-6-12-4-2-3-5-13(12)16/h2-5H,6-11H2,1H3,(H,17,18)/t15-/m1/s1. The third-order valence-electron chi connectivity index (χ3n) is 3.69. The highest BCUT2D eigenvalue weighted by molar-refractivity contribution is 9.10. The van der Waals surface area contributed by atoms with Crippen LogP contribution in [0.1, 0.15) is 18.4 Å². The van der Waals surface area contributed by atoms with Gasteiger partial charge in [0, 0.05) is 30.3 Å². The molecule has 1 aromatic rings. The summed E-state index contributed by atoms with van der Waals surface area (Å²) >= 11 is 5.39. The van der Waals surface area contributed by atoms with Gasteiger partial charge in [0.05, 0.1) is 5.60 Å². The molecule has 5 heteroatoms. The molecule has 1 heterocycles. The highest BCUT2D eigenvalue weighted by Crippen LogP contribution is 2.30. The quantitative estimate of drug-likeness (QED) is 0.850. The summed E-state index contributed by atoms with van der Waals surface area (Å²) in [4.78, 5) is 12.0. The van der Waals surface area contributed by atoms with E-state index in [1.165, 1.54) is 5.56 Å². The van der Waals surface area contributed by atoms with E-state index in [0.717, 1.165) is 28.8 Å². The molecule has 1 fully saturated rings. The number of nitrogens with one attached hydrogen (secondary N) is 1. The summed E-state index contributed by atoms with van der Waals surface area (Å²) in [5.74, 6) is 2.17. The molecular formula is C15H20BrNO2S. The van der Waals surface area contributed by atoms with E-state index in [9.17, 15) is 4.79 Å². The summed E-state index contributed by atoms with van der Waals surface area (Å²) in [6.07, 6.45) is 2.27. The van der Waals surface area contributed by atoms with Crippen molar-refractivity contribution in [3.63, 3.8) is 0 Å². The number of aryl methyl sites for hydroxylation is 1. The van der Waals surface area contributed by atoms with Crippen LogP contribution in [0.5, 0.6) is 0 Å². The minimum Gasteiger partial charge on any atom is -0.376 e. The molecular weight excluding hydrogens is 338 g/mol. The number of carbonyl (C=O) groups is 1. The van der Waals surface area contributed by atoms with Crippen LogP contribution in [0.25, 0.3) is 0 Å². The fourth-order valence-corrected chi connectivity index (χ4v) is 4.14. The van der Waals surface area contributed by atoms with Crippen molar-refractivity contribution in [2.24, 2.45) is 0 Å². The van der Waals surface area contributed by atoms with Crippen molar-refractivity contribution >= 4 is 33.6 Å². The number of hydrogen-bond donors (Lipinski definition) is 1. The van der Waals surface area contributed by atoms with Crippen LogP contribution in [0.15, 0.2) is 28.7 Å². The lowest BCUT2D eigenvalue weighted by molar-refractivity contribution is -0.122. The van der Waals surface area contributed by atoms with Gasteiger partial charge in [-0.2, -0.15) is 11.8 Å². The van der Waals surface area contributed by atoms with Crippen LogP contribution in [-0.4, -0.2) is 36.7 Å². The summed E-state index contributed by atoms with van der Waals surface area (Å²) in [5, 5.41) is 3.01. The number of rotatable bonds is 6. The second-order valence-corrected chi connectivity index (χ2v) is 7.02. The third-order valence-corrected chi connectivity index (χ3v) is 5.68. The first-order chi connectivity index (χ1) is 9.65. The summed E-state index contributed by atoms with van der Waals surface area (Å²) in [6, 6.07) is 8.02. The van der Waals surface area contributed by atoms with Crippen LogP contribution >= 0.6 is 27.7 Å². The van der Waals surface area contributed by atoms with Crippen molar-refractivity contribution < 1.29 is 9.53 Å². The van der Waals surface area contributed by atoms with Gasteiger partial charge in [0.25, 0.3) is 0 Å². The van der Waals surface area contributed by atoms with Crippen LogP contribution in [0.2, 0.25) is 0 Å². The van der Waals surface area contributed by atoms with Crippen molar-refractivity contribution in [1.29, 1.82) is 0 Å². The predicted molar refractivity (Wildman–Crippen MR) is 87.2 cm³/mol. The van der Waals surface area contributed by atoms with E-state index in [0.29, 0.717) is 13.0 Å². The molecule has 20 heavy (non-hydrogen) atoms. The molecule has 1 amide bonds. The Balaban J connectivity index is 1.77. The molecule has 1 saturated heterocycles. The fraction of sp³-hybridized carbons (Fsp3) is 0.533. The zero-order valence-electron chi connectivity index (χ0n) is 11.7. The van der Waals surface area contributed by atoms with E-state index in [1.807, 2.05) is 36.0 Å². The van der Waals surface area contributed by atoms with Crippen molar-refractivity contribution in [2.45, 2.75) is 24.9 Å². The van der Waals surface area contributed by atoms with E-state index in [1.54, 1.807) is 7.11 Å². The Labute approximate surface area is 133 Å². The van der Waals surface area contributed by atoms with E-state index < -0.39 is 0 Å². The van der Waals surface area contributed by atoms with Crippen molar-refractivity contribution in [1.82, 2.24) is 5.32 Å². The minimum absolute atomic E-state index is 0.0917. The van der Waals surface area contributed by atoms with Gasteiger partial charge in [0.15, 0.2) is 0 Å². The molecule has 110 valence electrons. The Kier molecular flexibility index (Phi) is 5.93. The average molecular weight is 358 g/mol. The molecule has 1 atom stereocenters. The third kappa shape index (κ3) is 4.24. The van der Waals surface area contributed by atoms with Gasteiger partial charge >= 0.3 is 0 Å². The van der Waals surface area contributed by atoms with E-state index in [4.69, 9.17) is 4.74 Å². The Bertz CT molecular complexity index is 461. The molecule has 0 spiro atoms. The van der Waals surface area contributed by atoms with Crippen LogP contribution < -0.4 is 5.32 Å². The number of amides is 1. The fourth-order valence-electron chi connectivity index (χ4n) is 2.26. The number of ether oxygens (including phenoxy) is 1. The Hall–Kier alpha value is -0.520. The van der Waals surface area contributed by atoms with Gasteiger partial charge in [0.1, 0.15) is 0 Å². The largest absolute Gasteiger partial charge is 0.376 e. The number of benzene rings is 1. The van der Waals surface area contributed by atoms with Crippen LogP contribution in [0, 0.1) is 0 Å². The number of carbonyl (C=O) groups excluding carboxylic acids is 1. The van der Waals surface area contributed by atoms with Gasteiger partial charge in [-0.05, 0) is 30.2 Å². The van der Waals surface area contributed by atoms with Crippen molar-refractivity contribution in [3.8, 4) is 0 Å². The number of methoxy groups -OCH3 is 1. The average Bonchev–Trinajstić information content (AvgIpc) is 2.94. The monoisotopic (exact) mass is 357 g/mol. The van der Waals surface area contributed by atoms with Gasteiger partial charge in [-0.1, -0.05) is 34.1 Å². The summed E-state index contributed by atoms with van der Waals surface area (Å²) in [7, 11) is 1.74. The number of hydrogen-bond acceptors (Lipinski definition) is 3. The van der Waals surface area contributed by atoms with Gasteiger partial charge < -0.3 is 10.1 Å². The van der Waals surface area contributed by atoms with E-state index in [2.05, 4.69) is 21.2 Å². The van der Waals surface area contributed by atoms with Gasteiger partial charge in [-0.25, -0.2) is 0 Å². The summed E-state index contributed by atoms with van der Waals surface area (Å²) in [6.45, 7) is 0.616. The van der Waals surface area contributed by atoms with Crippen LogP contribution in [-0.2, 0) is 16.0 Å². The maximum Gasteiger partial charge on any atom is 0.220 e. The van der Waals surface area contributed by atoms with Gasteiger partial charge in [-0.15, -0.1) is 0 Å². The molecule has 3 nitrogen and oxygen atoms in total. The Morgan fingerprint density at radius 2 is 2.30 bits per heavy atom. The molecule has 0 unspecified atom stereocenters. The minimum atomic E-state index is -0.159. The van der Waals surface area contributed by atoms with Gasteiger partial charge in [0.2, 0.25) is 5.91 Å². The topological polar surface area (TPSA) is 38.3 Å². The van der Waals surface area contributed by atoms with Crippen LogP contribution in [0.4, 0.5) is 0 Å². The zero-order chi connectivity index (χ0) is 14.4. The lowest BCUT2D eigenvalue weighted by atomic mass is 10.0. The maximum atomic E-state index is 12.0. The molecule has 0 aliphatic carbocycles. The summed E-state index contributed by atoms with van der Waals surface area (Å²) < 4.78 is 6.65.